The molecule has 2 aliphatic heterocycles. The van der Waals surface area contributed by atoms with Gasteiger partial charge in [0.2, 0.25) is 11.8 Å². The number of benzene rings is 1. The number of amides is 2. The highest BCUT2D eigenvalue weighted by atomic mass is 32.2. The minimum absolute atomic E-state index is 0.0242. The van der Waals surface area contributed by atoms with E-state index in [1.807, 2.05) is 37.3 Å². The molecule has 0 spiro atoms. The number of nitrogens with zero attached hydrogens (tertiary/aromatic N) is 2. The first kappa shape index (κ1) is 18.2. The van der Waals surface area contributed by atoms with Crippen molar-refractivity contribution in [3.8, 4) is 11.3 Å². The van der Waals surface area contributed by atoms with Gasteiger partial charge in [-0.15, -0.1) is 11.8 Å². The van der Waals surface area contributed by atoms with Gasteiger partial charge < -0.3 is 10.2 Å². The Morgan fingerprint density at radius 3 is 2.74 bits per heavy atom. The number of Topliss-reactive ketones (excluding diaryl/α,β-unsaturated/α-hetero) is 1. The van der Waals surface area contributed by atoms with Crippen LogP contribution in [0.5, 0.6) is 0 Å². The van der Waals surface area contributed by atoms with Gasteiger partial charge in [0.25, 0.3) is 0 Å². The van der Waals surface area contributed by atoms with Gasteiger partial charge in [-0.25, -0.2) is 4.98 Å². The molecule has 140 valence electrons. The van der Waals surface area contributed by atoms with Crippen molar-refractivity contribution in [3.05, 3.63) is 35.2 Å². The van der Waals surface area contributed by atoms with E-state index in [0.717, 1.165) is 12.0 Å². The Balaban J connectivity index is 1.59. The number of thioether (sulfide) groups is 1. The maximum atomic E-state index is 12.8. The van der Waals surface area contributed by atoms with Crippen LogP contribution in [0.4, 0.5) is 5.13 Å². The number of aromatic nitrogens is 1. The maximum Gasteiger partial charge on any atom is 0.249 e. The number of hydrogen-bond acceptors (Lipinski definition) is 6. The predicted molar refractivity (Wildman–Crippen MR) is 107 cm³/mol. The Morgan fingerprint density at radius 2 is 2.04 bits per heavy atom. The fourth-order valence-electron chi connectivity index (χ4n) is 3.61. The number of ketones is 1. The van der Waals surface area contributed by atoms with Crippen LogP contribution in [0.15, 0.2) is 30.3 Å². The Kier molecular flexibility index (Phi) is 4.55. The molecule has 0 aliphatic carbocycles. The summed E-state index contributed by atoms with van der Waals surface area (Å²) in [5.74, 6) is 0.261. The lowest BCUT2D eigenvalue weighted by atomic mass is 10.1. The molecule has 0 bridgehead atoms. The van der Waals surface area contributed by atoms with Gasteiger partial charge in [0.1, 0.15) is 6.04 Å². The van der Waals surface area contributed by atoms with E-state index in [2.05, 4.69) is 10.3 Å². The summed E-state index contributed by atoms with van der Waals surface area (Å²) in [6, 6.07) is 8.93. The summed E-state index contributed by atoms with van der Waals surface area (Å²) in [6.45, 7) is 3.51. The molecule has 2 fully saturated rings. The first-order valence-corrected chi connectivity index (χ1v) is 10.5. The molecule has 2 aromatic rings. The minimum Gasteiger partial charge on any atom is -0.315 e. The summed E-state index contributed by atoms with van der Waals surface area (Å²) < 4.78 is 0. The van der Waals surface area contributed by atoms with Gasteiger partial charge in [0.05, 0.1) is 15.4 Å². The van der Waals surface area contributed by atoms with Gasteiger partial charge in [0, 0.05) is 24.7 Å². The van der Waals surface area contributed by atoms with Crippen molar-refractivity contribution in [3.63, 3.8) is 0 Å². The molecule has 8 heteroatoms. The third-order valence-corrected chi connectivity index (χ3v) is 7.55. The van der Waals surface area contributed by atoms with Crippen LogP contribution in [0.2, 0.25) is 0 Å². The van der Waals surface area contributed by atoms with E-state index in [4.69, 9.17) is 0 Å². The van der Waals surface area contributed by atoms with Crippen molar-refractivity contribution in [1.29, 1.82) is 0 Å². The number of carbonyl (C=O) groups excluding carboxylic acids is 3. The summed E-state index contributed by atoms with van der Waals surface area (Å²) in [7, 11) is 0. The summed E-state index contributed by atoms with van der Waals surface area (Å²) in [5, 5.41) is 3.21. The normalized spacial score (nSPS) is 24.1. The van der Waals surface area contributed by atoms with E-state index in [-0.39, 0.29) is 22.5 Å². The highest BCUT2D eigenvalue weighted by molar-refractivity contribution is 8.01. The summed E-state index contributed by atoms with van der Waals surface area (Å²) >= 11 is 2.82. The molecular formula is C19H19N3O3S2. The first-order valence-electron chi connectivity index (χ1n) is 8.73. The lowest BCUT2D eigenvalue weighted by molar-refractivity contribution is -0.135. The summed E-state index contributed by atoms with van der Waals surface area (Å²) in [4.78, 5) is 43.5. The van der Waals surface area contributed by atoms with E-state index in [0.29, 0.717) is 27.9 Å². The molecule has 0 saturated carbocycles. The van der Waals surface area contributed by atoms with Crippen molar-refractivity contribution in [2.45, 2.75) is 37.6 Å². The van der Waals surface area contributed by atoms with Crippen LogP contribution in [0.1, 0.15) is 36.4 Å². The fourth-order valence-corrected chi connectivity index (χ4v) is 5.92. The molecule has 1 N–H and O–H groups in total. The molecule has 6 nitrogen and oxygen atoms in total. The molecule has 27 heavy (non-hydrogen) atoms. The molecule has 0 unspecified atom stereocenters. The average molecular weight is 402 g/mol. The van der Waals surface area contributed by atoms with Crippen LogP contribution in [0, 0.1) is 0 Å². The molecule has 0 radical (unpaired) electrons. The monoisotopic (exact) mass is 401 g/mol. The van der Waals surface area contributed by atoms with Gasteiger partial charge in [-0.05, 0) is 13.3 Å². The zero-order chi connectivity index (χ0) is 19.2. The van der Waals surface area contributed by atoms with Gasteiger partial charge in [-0.2, -0.15) is 0 Å². The van der Waals surface area contributed by atoms with Crippen molar-refractivity contribution < 1.29 is 14.4 Å². The number of fused-ring (bicyclic) bond motifs is 1. The van der Waals surface area contributed by atoms with Crippen LogP contribution in [-0.4, -0.2) is 44.1 Å². The lowest BCUT2D eigenvalue weighted by Gasteiger charge is -2.29. The van der Waals surface area contributed by atoms with E-state index in [1.54, 1.807) is 16.7 Å². The molecular weight excluding hydrogens is 382 g/mol. The molecule has 2 amide bonds. The van der Waals surface area contributed by atoms with Gasteiger partial charge in [0.15, 0.2) is 10.9 Å². The molecule has 2 saturated heterocycles. The van der Waals surface area contributed by atoms with Crippen molar-refractivity contribution in [1.82, 2.24) is 9.88 Å². The third-order valence-electron chi connectivity index (χ3n) is 4.97. The van der Waals surface area contributed by atoms with E-state index in [1.165, 1.54) is 18.3 Å². The Hall–Kier alpha value is -2.19. The van der Waals surface area contributed by atoms with E-state index < -0.39 is 6.04 Å². The largest absolute Gasteiger partial charge is 0.315 e. The average Bonchev–Trinajstić information content (AvgIpc) is 3.29. The second-order valence-electron chi connectivity index (χ2n) is 6.87. The Bertz CT molecular complexity index is 928. The second-order valence-corrected chi connectivity index (χ2v) is 9.37. The highest BCUT2D eigenvalue weighted by Gasteiger charge is 2.53. The van der Waals surface area contributed by atoms with Gasteiger partial charge in [-0.1, -0.05) is 41.7 Å². The zero-order valence-electron chi connectivity index (χ0n) is 15.0. The number of rotatable bonds is 4. The number of hydrogen-bond donors (Lipinski definition) is 1. The van der Waals surface area contributed by atoms with Gasteiger partial charge >= 0.3 is 0 Å². The quantitative estimate of drug-likeness (QED) is 0.795. The Labute approximate surface area is 165 Å². The van der Waals surface area contributed by atoms with Gasteiger partial charge in [-0.3, -0.25) is 14.4 Å². The predicted octanol–water partition coefficient (Wildman–Crippen LogP) is 3.41. The topological polar surface area (TPSA) is 79.4 Å². The molecule has 2 aliphatic rings. The summed E-state index contributed by atoms with van der Waals surface area (Å²) in [5.41, 5.74) is 1.41. The molecule has 2 atom stereocenters. The highest BCUT2D eigenvalue weighted by Crippen LogP contribution is 2.47. The molecule has 4 rings (SSSR count). The number of thiazole rings is 1. The second kappa shape index (κ2) is 6.76. The van der Waals surface area contributed by atoms with Crippen LogP contribution in [-0.2, 0) is 9.59 Å². The summed E-state index contributed by atoms with van der Waals surface area (Å²) in [6.07, 6.45) is 1.25. The minimum atomic E-state index is -0.500. The smallest absolute Gasteiger partial charge is 0.249 e. The zero-order valence-corrected chi connectivity index (χ0v) is 16.7. The molecule has 1 aromatic heterocycles. The van der Waals surface area contributed by atoms with Crippen LogP contribution in [0.25, 0.3) is 11.3 Å². The first-order chi connectivity index (χ1) is 12.9. The number of nitrogens with one attached hydrogen (secondary N) is 1. The number of anilines is 1. The van der Waals surface area contributed by atoms with Crippen LogP contribution < -0.4 is 5.32 Å². The lowest BCUT2D eigenvalue weighted by Crippen LogP contribution is -2.48. The third kappa shape index (κ3) is 3.17. The molecule has 1 aromatic carbocycles. The fraction of sp³-hybridized carbons (Fsp3) is 0.368. The van der Waals surface area contributed by atoms with Crippen molar-refractivity contribution in [2.75, 3.05) is 11.1 Å². The van der Waals surface area contributed by atoms with Crippen molar-refractivity contribution >= 4 is 45.8 Å². The van der Waals surface area contributed by atoms with E-state index in [9.17, 15) is 14.4 Å². The maximum absolute atomic E-state index is 12.8. The van der Waals surface area contributed by atoms with Crippen LogP contribution >= 0.6 is 23.1 Å². The van der Waals surface area contributed by atoms with Crippen molar-refractivity contribution in [2.24, 2.45) is 0 Å². The number of carbonyl (C=O) groups is 3. The SMILES string of the molecule is CC(=O)c1sc(NC(=O)[C@H]2CS[C@]3(C)CCC(=O)N23)nc1-c1ccccc1. The Morgan fingerprint density at radius 1 is 1.30 bits per heavy atom. The standard InChI is InChI=1S/C19H19N3O3S2/c1-11(23)16-15(12-6-4-3-5-7-12)20-18(27-16)21-17(25)13-10-26-19(2)9-8-14(24)22(13)19/h3-7,13H,8-10H2,1-2H3,(H,20,21,25)/t13-,19-/m1/s1. The molecule has 3 heterocycles. The van der Waals surface area contributed by atoms with Crippen LogP contribution in [0.3, 0.4) is 0 Å². The van der Waals surface area contributed by atoms with E-state index >= 15 is 0 Å².